The predicted molar refractivity (Wildman–Crippen MR) is 72.2 cm³/mol. The number of methoxy groups -OCH3 is 1. The van der Waals surface area contributed by atoms with E-state index >= 15 is 0 Å². The van der Waals surface area contributed by atoms with Crippen molar-refractivity contribution >= 4 is 17.9 Å². The molecule has 3 amide bonds. The summed E-state index contributed by atoms with van der Waals surface area (Å²) in [5.74, 6) is -1.67. The summed E-state index contributed by atoms with van der Waals surface area (Å²) in [4.78, 5) is 35.3. The van der Waals surface area contributed by atoms with Crippen LogP contribution in [-0.4, -0.2) is 36.1 Å². The first-order chi connectivity index (χ1) is 9.38. The summed E-state index contributed by atoms with van der Waals surface area (Å²) in [7, 11) is 1.23. The van der Waals surface area contributed by atoms with Crippen LogP contribution in [0.15, 0.2) is 0 Å². The molecule has 1 aliphatic carbocycles. The van der Waals surface area contributed by atoms with Gasteiger partial charge in [0, 0.05) is 12.0 Å². The van der Waals surface area contributed by atoms with Crippen LogP contribution in [0.5, 0.6) is 0 Å². The first-order valence-corrected chi connectivity index (χ1v) is 6.85. The Morgan fingerprint density at radius 2 is 1.75 bits per heavy atom. The van der Waals surface area contributed by atoms with E-state index in [1.165, 1.54) is 12.1 Å². The lowest BCUT2D eigenvalue weighted by Crippen LogP contribution is -2.54. The third-order valence-electron chi connectivity index (χ3n) is 3.60. The second kappa shape index (κ2) is 7.12. The third-order valence-corrected chi connectivity index (χ3v) is 3.60. The number of amides is 3. The molecule has 1 rings (SSSR count). The smallest absolute Gasteiger partial charge is 0.425 e. The molecule has 2 unspecified atom stereocenters. The van der Waals surface area contributed by atoms with Crippen LogP contribution in [0, 0.1) is 11.8 Å². The first-order valence-electron chi connectivity index (χ1n) is 6.85. The fourth-order valence-corrected chi connectivity index (χ4v) is 2.53. The summed E-state index contributed by atoms with van der Waals surface area (Å²) in [6, 6.07) is -0.239. The van der Waals surface area contributed by atoms with Crippen LogP contribution in [0.4, 0.5) is 4.79 Å². The second-order valence-corrected chi connectivity index (χ2v) is 5.31. The molecule has 0 aromatic carbocycles. The number of nitrogens with one attached hydrogen (secondary N) is 1. The minimum absolute atomic E-state index is 0.239. The van der Waals surface area contributed by atoms with Crippen molar-refractivity contribution in [3.8, 4) is 0 Å². The quantitative estimate of drug-likeness (QED) is 0.748. The molecule has 0 spiro atoms. The number of nitrogens with zero attached hydrogens (tertiary/aromatic N) is 1. The van der Waals surface area contributed by atoms with E-state index < -0.39 is 23.8 Å². The number of primary amides is 1. The molecular weight excluding hydrogens is 262 g/mol. The van der Waals surface area contributed by atoms with Gasteiger partial charge in [0.15, 0.2) is 0 Å². The molecule has 0 aliphatic heterocycles. The minimum atomic E-state index is -0.710. The van der Waals surface area contributed by atoms with Crippen LogP contribution in [0.3, 0.4) is 0 Å². The maximum atomic E-state index is 12.6. The number of carbonyl (C=O) groups excluding carboxylic acids is 3. The maximum absolute atomic E-state index is 12.6. The highest BCUT2D eigenvalue weighted by Crippen LogP contribution is 2.31. The zero-order valence-electron chi connectivity index (χ0n) is 12.2. The van der Waals surface area contributed by atoms with Crippen molar-refractivity contribution in [2.24, 2.45) is 17.6 Å². The number of hydrogen-bond donors (Lipinski definition) is 2. The fraction of sp³-hybridized carbons (Fsp3) is 0.769. The Balaban J connectivity index is 2.86. The molecule has 0 aromatic rings. The van der Waals surface area contributed by atoms with E-state index in [0.29, 0.717) is 12.8 Å². The zero-order valence-corrected chi connectivity index (χ0v) is 12.2. The highest BCUT2D eigenvalue weighted by molar-refractivity contribution is 5.88. The van der Waals surface area contributed by atoms with Crippen molar-refractivity contribution in [1.29, 1.82) is 0 Å². The number of rotatable bonds is 3. The van der Waals surface area contributed by atoms with Gasteiger partial charge in [-0.3, -0.25) is 9.59 Å². The van der Waals surface area contributed by atoms with Gasteiger partial charge in [-0.25, -0.2) is 15.2 Å². The lowest BCUT2D eigenvalue weighted by Gasteiger charge is -2.34. The molecule has 2 atom stereocenters. The highest BCUT2D eigenvalue weighted by Gasteiger charge is 2.38. The van der Waals surface area contributed by atoms with Crippen LogP contribution >= 0.6 is 0 Å². The molecule has 0 heterocycles. The van der Waals surface area contributed by atoms with Gasteiger partial charge in [-0.2, -0.15) is 0 Å². The Labute approximate surface area is 118 Å². The van der Waals surface area contributed by atoms with Crippen molar-refractivity contribution in [2.45, 2.75) is 45.6 Å². The second-order valence-electron chi connectivity index (χ2n) is 5.31. The number of carbonyl (C=O) groups is 3. The van der Waals surface area contributed by atoms with Gasteiger partial charge in [0.25, 0.3) is 0 Å². The SMILES string of the molecule is COC(=O)NN(C(=O)C1CCCCC1C(N)=O)C(C)C. The largest absolute Gasteiger partial charge is 0.452 e. The summed E-state index contributed by atoms with van der Waals surface area (Å²) in [6.07, 6.45) is 2.29. The van der Waals surface area contributed by atoms with E-state index in [1.807, 2.05) is 0 Å². The van der Waals surface area contributed by atoms with Crippen LogP contribution in [0.1, 0.15) is 39.5 Å². The summed E-state index contributed by atoms with van der Waals surface area (Å²) in [5, 5.41) is 1.22. The molecule has 0 saturated heterocycles. The predicted octanol–water partition coefficient (Wildman–Crippen LogP) is 0.786. The summed E-state index contributed by atoms with van der Waals surface area (Å²) in [5.41, 5.74) is 7.77. The van der Waals surface area contributed by atoms with E-state index in [9.17, 15) is 14.4 Å². The van der Waals surface area contributed by atoms with Gasteiger partial charge in [-0.15, -0.1) is 0 Å². The molecular formula is C13H23N3O4. The van der Waals surface area contributed by atoms with E-state index in [2.05, 4.69) is 10.2 Å². The number of ether oxygens (including phenoxy) is 1. The van der Waals surface area contributed by atoms with E-state index in [-0.39, 0.29) is 11.9 Å². The zero-order chi connectivity index (χ0) is 15.3. The van der Waals surface area contributed by atoms with E-state index in [0.717, 1.165) is 12.8 Å². The van der Waals surface area contributed by atoms with Gasteiger partial charge in [0.2, 0.25) is 11.8 Å². The summed E-state index contributed by atoms with van der Waals surface area (Å²) >= 11 is 0. The summed E-state index contributed by atoms with van der Waals surface area (Å²) < 4.78 is 4.51. The number of hydrogen-bond acceptors (Lipinski definition) is 4. The average molecular weight is 285 g/mol. The molecule has 20 heavy (non-hydrogen) atoms. The van der Waals surface area contributed by atoms with Gasteiger partial charge in [-0.1, -0.05) is 12.8 Å². The molecule has 1 aliphatic rings. The molecule has 114 valence electrons. The standard InChI is InChI=1S/C13H23N3O4/c1-8(2)16(15-13(19)20-3)12(18)10-7-5-4-6-9(10)11(14)17/h8-10H,4-7H2,1-3H3,(H2,14,17)(H,15,19). The van der Waals surface area contributed by atoms with Crippen LogP contribution < -0.4 is 11.2 Å². The lowest BCUT2D eigenvalue weighted by molar-refractivity contribution is -0.146. The Morgan fingerprint density at radius 3 is 2.20 bits per heavy atom. The average Bonchev–Trinajstić information content (AvgIpc) is 2.43. The maximum Gasteiger partial charge on any atom is 0.425 e. The van der Waals surface area contributed by atoms with Crippen molar-refractivity contribution in [2.75, 3.05) is 7.11 Å². The van der Waals surface area contributed by atoms with Crippen LogP contribution in [0.2, 0.25) is 0 Å². The highest BCUT2D eigenvalue weighted by atomic mass is 16.5. The van der Waals surface area contributed by atoms with Crippen molar-refractivity contribution in [3.63, 3.8) is 0 Å². The molecule has 7 nitrogen and oxygen atoms in total. The van der Waals surface area contributed by atoms with Gasteiger partial charge in [0.05, 0.1) is 13.0 Å². The minimum Gasteiger partial charge on any atom is -0.452 e. The third kappa shape index (κ3) is 3.85. The van der Waals surface area contributed by atoms with Crippen LogP contribution in [-0.2, 0) is 14.3 Å². The Kier molecular flexibility index (Phi) is 5.79. The Morgan fingerprint density at radius 1 is 1.20 bits per heavy atom. The molecule has 7 heteroatoms. The Bertz CT molecular complexity index is 384. The summed E-state index contributed by atoms with van der Waals surface area (Å²) in [6.45, 7) is 3.55. The van der Waals surface area contributed by atoms with Gasteiger partial charge >= 0.3 is 6.09 Å². The van der Waals surface area contributed by atoms with Crippen molar-refractivity contribution in [3.05, 3.63) is 0 Å². The van der Waals surface area contributed by atoms with Crippen molar-refractivity contribution < 1.29 is 19.1 Å². The van der Waals surface area contributed by atoms with Gasteiger partial charge < -0.3 is 10.5 Å². The first kappa shape index (κ1) is 16.3. The molecule has 1 fully saturated rings. The molecule has 0 aromatic heterocycles. The molecule has 3 N–H and O–H groups in total. The topological polar surface area (TPSA) is 102 Å². The molecule has 0 bridgehead atoms. The Hall–Kier alpha value is -1.79. The molecule has 1 saturated carbocycles. The number of nitrogens with two attached hydrogens (primary N) is 1. The van der Waals surface area contributed by atoms with E-state index in [4.69, 9.17) is 5.73 Å². The van der Waals surface area contributed by atoms with Crippen molar-refractivity contribution in [1.82, 2.24) is 10.4 Å². The van der Waals surface area contributed by atoms with E-state index in [1.54, 1.807) is 13.8 Å². The fourth-order valence-electron chi connectivity index (χ4n) is 2.53. The normalized spacial score (nSPS) is 22.2. The molecule has 0 radical (unpaired) electrons. The lowest BCUT2D eigenvalue weighted by atomic mass is 9.78. The monoisotopic (exact) mass is 285 g/mol. The number of hydrazine groups is 1. The van der Waals surface area contributed by atoms with Gasteiger partial charge in [0.1, 0.15) is 0 Å². The van der Waals surface area contributed by atoms with Gasteiger partial charge in [-0.05, 0) is 26.7 Å². The van der Waals surface area contributed by atoms with Crippen LogP contribution in [0.25, 0.3) is 0 Å².